The van der Waals surface area contributed by atoms with Crippen molar-refractivity contribution in [1.29, 1.82) is 0 Å². The van der Waals surface area contributed by atoms with Gasteiger partial charge in [-0.2, -0.15) is 0 Å². The molecule has 0 saturated carbocycles. The summed E-state index contributed by atoms with van der Waals surface area (Å²) in [7, 11) is 3.94. The van der Waals surface area contributed by atoms with Crippen LogP contribution in [0.5, 0.6) is 0 Å². The Kier molecular flexibility index (Phi) is 5.77. The summed E-state index contributed by atoms with van der Waals surface area (Å²) in [6, 6.07) is 13.2. The quantitative estimate of drug-likeness (QED) is 0.596. The van der Waals surface area contributed by atoms with Crippen LogP contribution in [0.25, 0.3) is 10.6 Å². The van der Waals surface area contributed by atoms with Crippen molar-refractivity contribution in [2.45, 2.75) is 24.3 Å². The van der Waals surface area contributed by atoms with E-state index < -0.39 is 0 Å². The van der Waals surface area contributed by atoms with Crippen LogP contribution in [-0.4, -0.2) is 67.5 Å². The minimum atomic E-state index is -0.210. The maximum atomic E-state index is 12.7. The van der Waals surface area contributed by atoms with Crippen molar-refractivity contribution >= 4 is 28.9 Å². The molecule has 32 heavy (non-hydrogen) atoms. The largest absolute Gasteiger partial charge is 0.378 e. The molecule has 0 spiro atoms. The Hall–Kier alpha value is -3.01. The second-order valence-corrected chi connectivity index (χ2v) is 9.06. The topological polar surface area (TPSA) is 88.6 Å². The number of rotatable bonds is 6. The first-order valence-electron chi connectivity index (χ1n) is 10.5. The SMILES string of the molecule is CN(C)c1ccc(C(=O)N[C@H]2CO[C@H]3[C@@H]2OC[C@@H]3Nc2nccc(-c3cccs3)n2)cc1. The lowest BCUT2D eigenvalue weighted by Gasteiger charge is -2.19. The van der Waals surface area contributed by atoms with Crippen molar-refractivity contribution in [1.82, 2.24) is 15.3 Å². The molecule has 4 atom stereocenters. The number of aromatic nitrogens is 2. The van der Waals surface area contributed by atoms with Gasteiger partial charge in [0.15, 0.2) is 0 Å². The zero-order chi connectivity index (χ0) is 22.1. The third-order valence-corrected chi connectivity index (χ3v) is 6.65. The zero-order valence-corrected chi connectivity index (χ0v) is 18.7. The predicted octanol–water partition coefficient (Wildman–Crippen LogP) is 2.65. The number of nitrogens with zero attached hydrogens (tertiary/aromatic N) is 3. The highest BCUT2D eigenvalue weighted by molar-refractivity contribution is 7.13. The molecule has 1 amide bonds. The van der Waals surface area contributed by atoms with Crippen molar-refractivity contribution in [3.05, 3.63) is 59.6 Å². The van der Waals surface area contributed by atoms with Gasteiger partial charge in [-0.3, -0.25) is 4.79 Å². The van der Waals surface area contributed by atoms with Gasteiger partial charge in [-0.05, 0) is 41.8 Å². The Labute approximate surface area is 190 Å². The Bertz CT molecular complexity index is 1070. The lowest BCUT2D eigenvalue weighted by molar-refractivity contribution is 0.0652. The van der Waals surface area contributed by atoms with E-state index in [1.807, 2.05) is 66.8 Å². The van der Waals surface area contributed by atoms with E-state index in [2.05, 4.69) is 20.6 Å². The van der Waals surface area contributed by atoms with Crippen molar-refractivity contribution in [3.63, 3.8) is 0 Å². The predicted molar refractivity (Wildman–Crippen MR) is 124 cm³/mol. The maximum Gasteiger partial charge on any atom is 0.251 e. The minimum Gasteiger partial charge on any atom is -0.378 e. The van der Waals surface area contributed by atoms with E-state index in [4.69, 9.17) is 9.47 Å². The lowest BCUT2D eigenvalue weighted by Crippen LogP contribution is -2.44. The lowest BCUT2D eigenvalue weighted by atomic mass is 10.1. The number of benzene rings is 1. The summed E-state index contributed by atoms with van der Waals surface area (Å²) >= 11 is 1.64. The number of carbonyl (C=O) groups excluding carboxylic acids is 1. The molecule has 3 aromatic rings. The van der Waals surface area contributed by atoms with Gasteiger partial charge >= 0.3 is 0 Å². The van der Waals surface area contributed by atoms with Gasteiger partial charge in [0.05, 0.1) is 35.9 Å². The molecule has 8 nitrogen and oxygen atoms in total. The van der Waals surface area contributed by atoms with E-state index in [0.29, 0.717) is 24.7 Å². The Balaban J connectivity index is 1.21. The van der Waals surface area contributed by atoms with Crippen LogP contribution in [-0.2, 0) is 9.47 Å². The van der Waals surface area contributed by atoms with Crippen LogP contribution in [0.1, 0.15) is 10.4 Å². The maximum absolute atomic E-state index is 12.7. The van der Waals surface area contributed by atoms with E-state index in [0.717, 1.165) is 16.3 Å². The van der Waals surface area contributed by atoms with Crippen LogP contribution in [0.2, 0.25) is 0 Å². The van der Waals surface area contributed by atoms with Crippen LogP contribution in [0.15, 0.2) is 54.0 Å². The number of anilines is 2. The fourth-order valence-electron chi connectivity index (χ4n) is 4.07. The second-order valence-electron chi connectivity index (χ2n) is 8.11. The number of carbonyl (C=O) groups is 1. The second kappa shape index (κ2) is 8.85. The Morgan fingerprint density at radius 2 is 1.81 bits per heavy atom. The van der Waals surface area contributed by atoms with Crippen molar-refractivity contribution < 1.29 is 14.3 Å². The number of fused-ring (bicyclic) bond motifs is 1. The molecule has 0 bridgehead atoms. The number of thiophene rings is 1. The van der Waals surface area contributed by atoms with Crippen molar-refractivity contribution in [2.24, 2.45) is 0 Å². The van der Waals surface area contributed by atoms with Crippen LogP contribution in [0.4, 0.5) is 11.6 Å². The zero-order valence-electron chi connectivity index (χ0n) is 17.9. The molecule has 5 rings (SSSR count). The van der Waals surface area contributed by atoms with E-state index in [9.17, 15) is 4.79 Å². The van der Waals surface area contributed by atoms with Gasteiger partial charge in [0.1, 0.15) is 12.2 Å². The summed E-state index contributed by atoms with van der Waals surface area (Å²) in [5, 5.41) is 8.44. The molecule has 0 unspecified atom stereocenters. The smallest absolute Gasteiger partial charge is 0.251 e. The molecule has 2 fully saturated rings. The standard InChI is InChI=1S/C23H25N5O3S/c1-28(2)15-7-5-14(6-8-15)22(29)25-17-12-30-21-18(13-31-20(17)21)27-23-24-10-9-16(26-23)19-4-3-11-32-19/h3-11,17-18,20-21H,12-13H2,1-2H3,(H,25,29)(H,24,26,27)/t17-,18-,20+,21+/m0/s1. The summed E-state index contributed by atoms with van der Waals surface area (Å²) in [4.78, 5) is 24.8. The van der Waals surface area contributed by atoms with E-state index in [-0.39, 0.29) is 30.2 Å². The van der Waals surface area contributed by atoms with E-state index in [1.54, 1.807) is 17.5 Å². The number of amides is 1. The van der Waals surface area contributed by atoms with Gasteiger partial charge in [-0.25, -0.2) is 9.97 Å². The monoisotopic (exact) mass is 451 g/mol. The molecule has 166 valence electrons. The number of hydrogen-bond donors (Lipinski definition) is 2. The third kappa shape index (κ3) is 4.19. The first-order valence-corrected chi connectivity index (χ1v) is 11.4. The molecule has 2 N–H and O–H groups in total. The Morgan fingerprint density at radius 1 is 1.06 bits per heavy atom. The van der Waals surface area contributed by atoms with Gasteiger partial charge < -0.3 is 25.0 Å². The van der Waals surface area contributed by atoms with Gasteiger partial charge in [-0.15, -0.1) is 11.3 Å². The number of nitrogens with one attached hydrogen (secondary N) is 2. The molecule has 0 aliphatic carbocycles. The highest BCUT2D eigenvalue weighted by Crippen LogP contribution is 2.29. The average molecular weight is 452 g/mol. The number of hydrogen-bond acceptors (Lipinski definition) is 8. The average Bonchev–Trinajstić information content (AvgIpc) is 3.55. The first-order chi connectivity index (χ1) is 15.6. The molecular weight excluding hydrogens is 426 g/mol. The molecule has 2 aliphatic heterocycles. The normalized spacial score (nSPS) is 24.2. The molecule has 2 aliphatic rings. The molecule has 1 aromatic carbocycles. The van der Waals surface area contributed by atoms with Crippen LogP contribution in [0, 0.1) is 0 Å². The van der Waals surface area contributed by atoms with Crippen LogP contribution < -0.4 is 15.5 Å². The molecule has 2 aromatic heterocycles. The van der Waals surface area contributed by atoms with E-state index >= 15 is 0 Å². The molecule has 4 heterocycles. The number of ether oxygens (including phenoxy) is 2. The minimum absolute atomic E-state index is 0.0835. The Morgan fingerprint density at radius 3 is 2.53 bits per heavy atom. The summed E-state index contributed by atoms with van der Waals surface area (Å²) in [5.41, 5.74) is 2.54. The van der Waals surface area contributed by atoms with Crippen LogP contribution in [0.3, 0.4) is 0 Å². The summed E-state index contributed by atoms with van der Waals surface area (Å²) < 4.78 is 12.0. The third-order valence-electron chi connectivity index (χ3n) is 5.76. The van der Waals surface area contributed by atoms with Gasteiger partial charge in [0, 0.05) is 31.5 Å². The molecular formula is C23H25N5O3S. The summed E-state index contributed by atoms with van der Waals surface area (Å²) in [6.07, 6.45) is 1.36. The fraction of sp³-hybridized carbons (Fsp3) is 0.348. The summed E-state index contributed by atoms with van der Waals surface area (Å²) in [5.74, 6) is 0.416. The van der Waals surface area contributed by atoms with E-state index in [1.165, 1.54) is 0 Å². The van der Waals surface area contributed by atoms with Gasteiger partial charge in [-0.1, -0.05) is 6.07 Å². The summed E-state index contributed by atoms with van der Waals surface area (Å²) in [6.45, 7) is 0.872. The van der Waals surface area contributed by atoms with Gasteiger partial charge in [0.25, 0.3) is 5.91 Å². The van der Waals surface area contributed by atoms with Crippen LogP contribution >= 0.6 is 11.3 Å². The first kappa shape index (κ1) is 20.9. The highest BCUT2D eigenvalue weighted by Gasteiger charge is 2.48. The van der Waals surface area contributed by atoms with Crippen molar-refractivity contribution in [2.75, 3.05) is 37.5 Å². The molecule has 9 heteroatoms. The van der Waals surface area contributed by atoms with Crippen molar-refractivity contribution in [3.8, 4) is 10.6 Å². The van der Waals surface area contributed by atoms with Gasteiger partial charge in [0.2, 0.25) is 5.95 Å². The fourth-order valence-corrected chi connectivity index (χ4v) is 4.76. The highest BCUT2D eigenvalue weighted by atomic mass is 32.1. The molecule has 0 radical (unpaired) electrons. The molecule has 2 saturated heterocycles.